The summed E-state index contributed by atoms with van der Waals surface area (Å²) in [6.07, 6.45) is 0. The van der Waals surface area contributed by atoms with Gasteiger partial charge in [0.2, 0.25) is 11.8 Å². The standard InChI is InChI=1S/C18H18ClF2N3O2/c1-11(13-4-2-3-5-14(13)19)22-9-17(25)23-10-18(26)24-12-6-7-15(20)16(21)8-12/h2-8,11,22H,9-10H2,1H3,(H,23,25)(H,24,26)/t11-/m1/s1. The Bertz CT molecular complexity index is 802. The van der Waals surface area contributed by atoms with Crippen LogP contribution in [0.5, 0.6) is 0 Å². The molecular weight excluding hydrogens is 364 g/mol. The number of hydrogen-bond acceptors (Lipinski definition) is 3. The SMILES string of the molecule is C[C@@H](NCC(=O)NCC(=O)Nc1ccc(F)c(F)c1)c1ccccc1Cl. The Morgan fingerprint density at radius 2 is 1.77 bits per heavy atom. The van der Waals surface area contributed by atoms with E-state index in [-0.39, 0.29) is 30.7 Å². The van der Waals surface area contributed by atoms with Crippen molar-refractivity contribution in [2.24, 2.45) is 0 Å². The van der Waals surface area contributed by atoms with Gasteiger partial charge in [0.1, 0.15) is 0 Å². The Morgan fingerprint density at radius 3 is 2.46 bits per heavy atom. The van der Waals surface area contributed by atoms with Gasteiger partial charge in [-0.2, -0.15) is 0 Å². The zero-order valence-electron chi connectivity index (χ0n) is 14.0. The molecule has 138 valence electrons. The van der Waals surface area contributed by atoms with Gasteiger partial charge in [-0.25, -0.2) is 8.78 Å². The summed E-state index contributed by atoms with van der Waals surface area (Å²) < 4.78 is 25.9. The van der Waals surface area contributed by atoms with Crippen molar-refractivity contribution in [3.05, 3.63) is 64.7 Å². The lowest BCUT2D eigenvalue weighted by Crippen LogP contribution is -2.39. The average Bonchev–Trinajstić information content (AvgIpc) is 2.61. The highest BCUT2D eigenvalue weighted by Crippen LogP contribution is 2.21. The Balaban J connectivity index is 1.75. The molecule has 0 aliphatic heterocycles. The summed E-state index contributed by atoms with van der Waals surface area (Å²) in [4.78, 5) is 23.6. The third kappa shape index (κ3) is 5.79. The Hall–Kier alpha value is -2.51. The molecule has 2 aromatic carbocycles. The highest BCUT2D eigenvalue weighted by atomic mass is 35.5. The largest absolute Gasteiger partial charge is 0.346 e. The van der Waals surface area contributed by atoms with Crippen LogP contribution >= 0.6 is 11.6 Å². The number of carbonyl (C=O) groups excluding carboxylic acids is 2. The molecule has 0 unspecified atom stereocenters. The maximum Gasteiger partial charge on any atom is 0.243 e. The van der Waals surface area contributed by atoms with E-state index in [2.05, 4.69) is 16.0 Å². The van der Waals surface area contributed by atoms with Gasteiger partial charge in [-0.1, -0.05) is 29.8 Å². The molecule has 2 amide bonds. The van der Waals surface area contributed by atoms with Crippen molar-refractivity contribution in [2.45, 2.75) is 13.0 Å². The van der Waals surface area contributed by atoms with Crippen LogP contribution in [0.3, 0.4) is 0 Å². The maximum atomic E-state index is 13.1. The monoisotopic (exact) mass is 381 g/mol. The minimum Gasteiger partial charge on any atom is -0.346 e. The Labute approximate surface area is 154 Å². The van der Waals surface area contributed by atoms with Crippen LogP contribution in [0.15, 0.2) is 42.5 Å². The van der Waals surface area contributed by atoms with Crippen LogP contribution in [0.1, 0.15) is 18.5 Å². The third-order valence-electron chi connectivity index (χ3n) is 3.59. The number of nitrogens with one attached hydrogen (secondary N) is 3. The molecule has 8 heteroatoms. The van der Waals surface area contributed by atoms with E-state index in [0.29, 0.717) is 5.02 Å². The van der Waals surface area contributed by atoms with E-state index in [1.54, 1.807) is 6.07 Å². The molecule has 2 rings (SSSR count). The maximum absolute atomic E-state index is 13.1. The fourth-order valence-corrected chi connectivity index (χ4v) is 2.50. The number of carbonyl (C=O) groups is 2. The quantitative estimate of drug-likeness (QED) is 0.690. The normalized spacial score (nSPS) is 11.7. The summed E-state index contributed by atoms with van der Waals surface area (Å²) in [6, 6.07) is 10.1. The van der Waals surface area contributed by atoms with Crippen LogP contribution in [0.2, 0.25) is 5.02 Å². The fourth-order valence-electron chi connectivity index (χ4n) is 2.20. The van der Waals surface area contributed by atoms with Gasteiger partial charge in [-0.05, 0) is 30.7 Å². The first kappa shape index (κ1) is 19.8. The van der Waals surface area contributed by atoms with Crippen molar-refractivity contribution < 1.29 is 18.4 Å². The van der Waals surface area contributed by atoms with Gasteiger partial charge in [0.25, 0.3) is 0 Å². The minimum atomic E-state index is -1.07. The van der Waals surface area contributed by atoms with E-state index in [1.165, 1.54) is 6.07 Å². The molecule has 0 aromatic heterocycles. The molecule has 0 saturated carbocycles. The molecule has 26 heavy (non-hydrogen) atoms. The first-order valence-electron chi connectivity index (χ1n) is 7.86. The number of rotatable bonds is 7. The Morgan fingerprint density at radius 1 is 1.04 bits per heavy atom. The van der Waals surface area contributed by atoms with Crippen molar-refractivity contribution in [1.82, 2.24) is 10.6 Å². The predicted octanol–water partition coefficient (Wildman–Crippen LogP) is 3.02. The van der Waals surface area contributed by atoms with Crippen LogP contribution in [0, 0.1) is 11.6 Å². The van der Waals surface area contributed by atoms with E-state index in [4.69, 9.17) is 11.6 Å². The van der Waals surface area contributed by atoms with Crippen molar-refractivity contribution in [1.29, 1.82) is 0 Å². The molecule has 0 heterocycles. The van der Waals surface area contributed by atoms with Crippen LogP contribution in [0.4, 0.5) is 14.5 Å². The van der Waals surface area contributed by atoms with Crippen molar-refractivity contribution in [3.63, 3.8) is 0 Å². The molecule has 1 atom stereocenters. The molecule has 0 aliphatic carbocycles. The lowest BCUT2D eigenvalue weighted by molar-refractivity contribution is -0.123. The highest BCUT2D eigenvalue weighted by Gasteiger charge is 2.12. The molecular formula is C18H18ClF2N3O2. The zero-order valence-corrected chi connectivity index (χ0v) is 14.7. The minimum absolute atomic E-state index is 0.00908. The molecule has 0 radical (unpaired) electrons. The molecule has 0 saturated heterocycles. The zero-order chi connectivity index (χ0) is 19.1. The van der Waals surface area contributed by atoms with Gasteiger partial charge in [-0.3, -0.25) is 9.59 Å². The van der Waals surface area contributed by atoms with Gasteiger partial charge in [-0.15, -0.1) is 0 Å². The van der Waals surface area contributed by atoms with Crippen LogP contribution in [-0.2, 0) is 9.59 Å². The lowest BCUT2D eigenvalue weighted by Gasteiger charge is -2.15. The second-order valence-electron chi connectivity index (χ2n) is 5.58. The molecule has 0 bridgehead atoms. The number of benzene rings is 2. The van der Waals surface area contributed by atoms with E-state index >= 15 is 0 Å². The van der Waals surface area contributed by atoms with E-state index in [1.807, 2.05) is 25.1 Å². The van der Waals surface area contributed by atoms with Gasteiger partial charge in [0.05, 0.1) is 13.1 Å². The molecule has 3 N–H and O–H groups in total. The second kappa shape index (κ2) is 9.26. The molecule has 5 nitrogen and oxygen atoms in total. The van der Waals surface area contributed by atoms with Crippen molar-refractivity contribution in [2.75, 3.05) is 18.4 Å². The summed E-state index contributed by atoms with van der Waals surface area (Å²) in [5, 5.41) is 8.40. The number of amides is 2. The van der Waals surface area contributed by atoms with Gasteiger partial charge >= 0.3 is 0 Å². The van der Waals surface area contributed by atoms with Gasteiger partial charge in [0.15, 0.2) is 11.6 Å². The van der Waals surface area contributed by atoms with E-state index in [0.717, 1.165) is 17.7 Å². The van der Waals surface area contributed by atoms with Crippen molar-refractivity contribution in [3.8, 4) is 0 Å². The summed E-state index contributed by atoms with van der Waals surface area (Å²) in [5.74, 6) is -3.01. The number of anilines is 1. The third-order valence-corrected chi connectivity index (χ3v) is 3.93. The average molecular weight is 382 g/mol. The first-order chi connectivity index (χ1) is 12.4. The summed E-state index contributed by atoms with van der Waals surface area (Å²) in [5.41, 5.74) is 0.965. The van der Waals surface area contributed by atoms with E-state index < -0.39 is 17.5 Å². The molecule has 0 aliphatic rings. The molecule has 2 aromatic rings. The van der Waals surface area contributed by atoms with Gasteiger partial charge in [0, 0.05) is 22.8 Å². The lowest BCUT2D eigenvalue weighted by atomic mass is 10.1. The topological polar surface area (TPSA) is 70.2 Å². The molecule has 0 fully saturated rings. The smallest absolute Gasteiger partial charge is 0.243 e. The number of hydrogen-bond donors (Lipinski definition) is 3. The van der Waals surface area contributed by atoms with Gasteiger partial charge < -0.3 is 16.0 Å². The van der Waals surface area contributed by atoms with Crippen LogP contribution < -0.4 is 16.0 Å². The summed E-state index contributed by atoms with van der Waals surface area (Å²) in [7, 11) is 0. The fraction of sp³-hybridized carbons (Fsp3) is 0.222. The summed E-state index contributed by atoms with van der Waals surface area (Å²) in [6.45, 7) is 1.56. The molecule has 0 spiro atoms. The van der Waals surface area contributed by atoms with Crippen molar-refractivity contribution >= 4 is 29.1 Å². The van der Waals surface area contributed by atoms with Crippen LogP contribution in [0.25, 0.3) is 0 Å². The van der Waals surface area contributed by atoms with E-state index in [9.17, 15) is 18.4 Å². The predicted molar refractivity (Wildman–Crippen MR) is 95.9 cm³/mol. The highest BCUT2D eigenvalue weighted by molar-refractivity contribution is 6.31. The Kier molecular flexibility index (Phi) is 7.06. The van der Waals surface area contributed by atoms with Crippen LogP contribution in [-0.4, -0.2) is 24.9 Å². The first-order valence-corrected chi connectivity index (χ1v) is 8.24. The second-order valence-corrected chi connectivity index (χ2v) is 5.99. The summed E-state index contributed by atoms with van der Waals surface area (Å²) >= 11 is 6.09. The number of halogens is 3.